The molecule has 1 unspecified atom stereocenters. The second-order valence-electron chi connectivity index (χ2n) is 4.50. The lowest BCUT2D eigenvalue weighted by Gasteiger charge is -2.31. The average molecular weight is 242 g/mol. The summed E-state index contributed by atoms with van der Waals surface area (Å²) in [5, 5.41) is 0. The first-order valence-corrected chi connectivity index (χ1v) is 6.27. The third kappa shape index (κ3) is 4.00. The highest BCUT2D eigenvalue weighted by molar-refractivity contribution is 5.79. The molecule has 0 saturated heterocycles. The summed E-state index contributed by atoms with van der Waals surface area (Å²) >= 11 is 0. The van der Waals surface area contributed by atoms with E-state index in [1.54, 1.807) is 13.8 Å². The number of esters is 1. The minimum atomic E-state index is -0.398. The molecule has 1 saturated carbocycles. The third-order valence-corrected chi connectivity index (χ3v) is 3.26. The number of hydrogen-bond acceptors (Lipinski definition) is 4. The Bertz CT molecular complexity index is 275. The second kappa shape index (κ2) is 6.59. The van der Waals surface area contributed by atoms with Crippen LogP contribution in [-0.2, 0) is 14.3 Å². The van der Waals surface area contributed by atoms with Gasteiger partial charge in [-0.1, -0.05) is 12.8 Å². The topological polar surface area (TPSA) is 72.6 Å². The minimum Gasteiger partial charge on any atom is -0.465 e. The Morgan fingerprint density at radius 2 is 2.00 bits per heavy atom. The van der Waals surface area contributed by atoms with Crippen LogP contribution >= 0.6 is 0 Å². The number of nitrogens with zero attached hydrogens (tertiary/aromatic N) is 1. The van der Waals surface area contributed by atoms with Crippen molar-refractivity contribution in [1.29, 1.82) is 0 Å². The van der Waals surface area contributed by atoms with Gasteiger partial charge >= 0.3 is 5.97 Å². The zero-order chi connectivity index (χ0) is 12.8. The highest BCUT2D eigenvalue weighted by atomic mass is 16.5. The van der Waals surface area contributed by atoms with Crippen molar-refractivity contribution in [3.63, 3.8) is 0 Å². The van der Waals surface area contributed by atoms with E-state index in [1.807, 2.05) is 4.90 Å². The lowest BCUT2D eigenvalue weighted by Crippen LogP contribution is -2.49. The molecule has 0 aromatic heterocycles. The van der Waals surface area contributed by atoms with Gasteiger partial charge in [0, 0.05) is 6.04 Å². The van der Waals surface area contributed by atoms with E-state index >= 15 is 0 Å². The maximum atomic E-state index is 11.7. The monoisotopic (exact) mass is 242 g/mol. The normalized spacial score (nSPS) is 18.3. The number of primary amides is 1. The molecule has 1 aliphatic rings. The van der Waals surface area contributed by atoms with Crippen molar-refractivity contribution < 1.29 is 14.3 Å². The van der Waals surface area contributed by atoms with E-state index in [2.05, 4.69) is 0 Å². The molecule has 17 heavy (non-hydrogen) atoms. The molecule has 2 N–H and O–H groups in total. The predicted octanol–water partition coefficient (Wildman–Crippen LogP) is 0.668. The fraction of sp³-hybridized carbons (Fsp3) is 0.833. The number of carbonyl (C=O) groups excluding carboxylic acids is 2. The maximum Gasteiger partial charge on any atom is 0.323 e. The van der Waals surface area contributed by atoms with E-state index in [-0.39, 0.29) is 18.6 Å². The van der Waals surface area contributed by atoms with Crippen molar-refractivity contribution >= 4 is 11.9 Å². The van der Waals surface area contributed by atoms with Crippen molar-refractivity contribution in [3.8, 4) is 0 Å². The van der Waals surface area contributed by atoms with Gasteiger partial charge in [-0.05, 0) is 26.7 Å². The third-order valence-electron chi connectivity index (χ3n) is 3.26. The first-order valence-electron chi connectivity index (χ1n) is 6.27. The van der Waals surface area contributed by atoms with Crippen LogP contribution in [0.25, 0.3) is 0 Å². The molecule has 0 heterocycles. The zero-order valence-electron chi connectivity index (χ0n) is 10.6. The lowest BCUT2D eigenvalue weighted by atomic mass is 10.1. The first kappa shape index (κ1) is 14.0. The van der Waals surface area contributed by atoms with Crippen molar-refractivity contribution in [2.45, 2.75) is 51.6 Å². The van der Waals surface area contributed by atoms with E-state index in [0.717, 1.165) is 25.7 Å². The van der Waals surface area contributed by atoms with Gasteiger partial charge in [0.1, 0.15) is 6.04 Å². The van der Waals surface area contributed by atoms with Gasteiger partial charge in [-0.2, -0.15) is 0 Å². The molecule has 5 heteroatoms. The Balaban J connectivity index is 2.66. The summed E-state index contributed by atoms with van der Waals surface area (Å²) in [5.41, 5.74) is 5.24. The first-order chi connectivity index (χ1) is 8.06. The molecule has 0 bridgehead atoms. The Morgan fingerprint density at radius 1 is 1.41 bits per heavy atom. The Labute approximate surface area is 102 Å². The number of carbonyl (C=O) groups is 2. The van der Waals surface area contributed by atoms with Gasteiger partial charge in [-0.3, -0.25) is 14.5 Å². The minimum absolute atomic E-state index is 0.130. The fourth-order valence-electron chi connectivity index (χ4n) is 2.40. The fourth-order valence-corrected chi connectivity index (χ4v) is 2.40. The van der Waals surface area contributed by atoms with Crippen LogP contribution in [-0.4, -0.2) is 42.0 Å². The van der Waals surface area contributed by atoms with Gasteiger partial charge in [0.15, 0.2) is 0 Å². The van der Waals surface area contributed by atoms with Crippen molar-refractivity contribution in [2.75, 3.05) is 13.2 Å². The van der Waals surface area contributed by atoms with Crippen LogP contribution in [0.1, 0.15) is 39.5 Å². The molecule has 1 aliphatic carbocycles. The Kier molecular flexibility index (Phi) is 5.41. The van der Waals surface area contributed by atoms with E-state index in [1.165, 1.54) is 0 Å². The maximum absolute atomic E-state index is 11.7. The molecule has 0 aliphatic heterocycles. The summed E-state index contributed by atoms with van der Waals surface area (Å²) in [4.78, 5) is 24.7. The number of hydrogen-bond donors (Lipinski definition) is 1. The molecular weight excluding hydrogens is 220 g/mol. The van der Waals surface area contributed by atoms with Crippen molar-refractivity contribution in [1.82, 2.24) is 4.90 Å². The van der Waals surface area contributed by atoms with E-state index in [0.29, 0.717) is 6.61 Å². The Morgan fingerprint density at radius 3 is 2.47 bits per heavy atom. The molecule has 0 spiro atoms. The van der Waals surface area contributed by atoms with Crippen molar-refractivity contribution in [2.24, 2.45) is 5.73 Å². The van der Waals surface area contributed by atoms with Gasteiger partial charge in [-0.25, -0.2) is 0 Å². The lowest BCUT2D eigenvalue weighted by molar-refractivity contribution is -0.150. The number of ether oxygens (including phenoxy) is 1. The number of nitrogens with two attached hydrogens (primary N) is 1. The zero-order valence-corrected chi connectivity index (χ0v) is 10.6. The molecule has 1 rings (SSSR count). The molecular formula is C12H22N2O3. The van der Waals surface area contributed by atoms with Crippen LogP contribution in [0.5, 0.6) is 0 Å². The summed E-state index contributed by atoms with van der Waals surface area (Å²) in [6.45, 7) is 4.04. The second-order valence-corrected chi connectivity index (χ2v) is 4.50. The van der Waals surface area contributed by atoms with Crippen LogP contribution < -0.4 is 5.73 Å². The van der Waals surface area contributed by atoms with Gasteiger partial charge in [0.25, 0.3) is 0 Å². The quantitative estimate of drug-likeness (QED) is 0.695. The van der Waals surface area contributed by atoms with Crippen LogP contribution in [0.2, 0.25) is 0 Å². The molecule has 1 fully saturated rings. The molecule has 0 aromatic rings. The highest BCUT2D eigenvalue weighted by Crippen LogP contribution is 2.25. The standard InChI is InChI=1S/C12H22N2O3/c1-3-17-12(16)9(2)14(8-11(13)15)10-6-4-5-7-10/h9-10H,3-8H2,1-2H3,(H2,13,15). The Hall–Kier alpha value is -1.10. The average Bonchev–Trinajstić information content (AvgIpc) is 2.78. The smallest absolute Gasteiger partial charge is 0.323 e. The van der Waals surface area contributed by atoms with Crippen molar-refractivity contribution in [3.05, 3.63) is 0 Å². The molecule has 5 nitrogen and oxygen atoms in total. The van der Waals surface area contributed by atoms with Crippen LogP contribution in [0.4, 0.5) is 0 Å². The SMILES string of the molecule is CCOC(=O)C(C)N(CC(N)=O)C1CCCC1. The largest absolute Gasteiger partial charge is 0.465 e. The van der Waals surface area contributed by atoms with E-state index in [4.69, 9.17) is 10.5 Å². The summed E-state index contributed by atoms with van der Waals surface area (Å²) in [6.07, 6.45) is 4.35. The summed E-state index contributed by atoms with van der Waals surface area (Å²) < 4.78 is 4.99. The molecule has 1 atom stereocenters. The number of rotatable bonds is 6. The van der Waals surface area contributed by atoms with Gasteiger partial charge in [0.2, 0.25) is 5.91 Å². The van der Waals surface area contributed by atoms with Crippen LogP contribution in [0.3, 0.4) is 0 Å². The van der Waals surface area contributed by atoms with E-state index in [9.17, 15) is 9.59 Å². The van der Waals surface area contributed by atoms with Crippen LogP contribution in [0.15, 0.2) is 0 Å². The predicted molar refractivity (Wildman–Crippen MR) is 64.3 cm³/mol. The van der Waals surface area contributed by atoms with E-state index < -0.39 is 11.9 Å². The molecule has 1 amide bonds. The van der Waals surface area contributed by atoms with Gasteiger partial charge in [0.05, 0.1) is 13.2 Å². The summed E-state index contributed by atoms with van der Waals surface area (Å²) in [5.74, 6) is -0.673. The molecule has 0 aromatic carbocycles. The van der Waals surface area contributed by atoms with Gasteiger partial charge < -0.3 is 10.5 Å². The summed E-state index contributed by atoms with van der Waals surface area (Å²) in [6, 6.07) is -0.118. The number of amides is 1. The van der Waals surface area contributed by atoms with Gasteiger partial charge in [-0.15, -0.1) is 0 Å². The molecule has 0 radical (unpaired) electrons. The highest BCUT2D eigenvalue weighted by Gasteiger charge is 2.31. The van der Waals surface area contributed by atoms with Crippen LogP contribution in [0, 0.1) is 0 Å². The molecule has 98 valence electrons. The summed E-state index contributed by atoms with van der Waals surface area (Å²) in [7, 11) is 0.